The van der Waals surface area contributed by atoms with Crippen molar-refractivity contribution in [3.8, 4) is 0 Å². The van der Waals surface area contributed by atoms with Crippen molar-refractivity contribution in [2.75, 3.05) is 0 Å². The Morgan fingerprint density at radius 1 is 1.07 bits per heavy atom. The number of epoxide rings is 1. The van der Waals surface area contributed by atoms with Crippen LogP contribution in [0.3, 0.4) is 0 Å². The van der Waals surface area contributed by atoms with Gasteiger partial charge in [0.25, 0.3) is 0 Å². The maximum Gasteiger partial charge on any atom is 0.102 e. The topological polar surface area (TPSA) is 12.5 Å². The molecule has 0 N–H and O–H groups in total. The summed E-state index contributed by atoms with van der Waals surface area (Å²) >= 11 is 0. The first-order valence-electron chi connectivity index (χ1n) is 6.41. The van der Waals surface area contributed by atoms with Crippen LogP contribution in [0.4, 0.5) is 0 Å². The molecule has 1 nitrogen and oxygen atoms in total. The van der Waals surface area contributed by atoms with Crippen molar-refractivity contribution in [1.82, 2.24) is 0 Å². The lowest BCUT2D eigenvalue weighted by Gasteiger charge is -2.19. The molecule has 1 saturated heterocycles. The van der Waals surface area contributed by atoms with Gasteiger partial charge in [0.15, 0.2) is 0 Å². The number of ether oxygens (including phenoxy) is 1. The maximum atomic E-state index is 5.79. The van der Waals surface area contributed by atoms with E-state index in [1.165, 1.54) is 32.1 Å². The van der Waals surface area contributed by atoms with E-state index in [2.05, 4.69) is 31.4 Å². The van der Waals surface area contributed by atoms with E-state index < -0.39 is 8.07 Å². The summed E-state index contributed by atoms with van der Waals surface area (Å²) < 4.78 is 5.79. The minimum atomic E-state index is -1.02. The van der Waals surface area contributed by atoms with Crippen LogP contribution in [0, 0.1) is 5.92 Å². The van der Waals surface area contributed by atoms with Gasteiger partial charge in [-0.15, -0.1) is 0 Å². The normalized spacial score (nSPS) is 33.5. The fraction of sp³-hybridized carbons (Fsp3) is 0.846. The van der Waals surface area contributed by atoms with Crippen LogP contribution in [0.5, 0.6) is 0 Å². The molecule has 2 rings (SSSR count). The summed E-state index contributed by atoms with van der Waals surface area (Å²) in [5.74, 6) is 0.870. The Morgan fingerprint density at radius 3 is 2.33 bits per heavy atom. The van der Waals surface area contributed by atoms with E-state index >= 15 is 0 Å². The Labute approximate surface area is 94.9 Å². The first-order valence-corrected chi connectivity index (χ1v) is 9.99. The number of hydrogen-bond donors (Lipinski definition) is 0. The summed E-state index contributed by atoms with van der Waals surface area (Å²) in [6.45, 7) is 7.13. The molecular formula is C13H24OSi. The lowest BCUT2D eigenvalue weighted by Crippen LogP contribution is -2.17. The lowest BCUT2D eigenvalue weighted by molar-refractivity contribution is 0.264. The highest BCUT2D eigenvalue weighted by molar-refractivity contribution is 6.80. The van der Waals surface area contributed by atoms with Crippen molar-refractivity contribution in [3.05, 3.63) is 11.8 Å². The Hall–Kier alpha value is -0.0831. The van der Waals surface area contributed by atoms with Crippen LogP contribution in [0.15, 0.2) is 11.8 Å². The van der Waals surface area contributed by atoms with Crippen molar-refractivity contribution < 1.29 is 4.74 Å². The SMILES string of the molecule is C[Si](C)(C)/C=C/[C@H]1O[C@@H]1C1CCCCC1. The summed E-state index contributed by atoms with van der Waals surface area (Å²) in [6.07, 6.45) is 10.5. The summed E-state index contributed by atoms with van der Waals surface area (Å²) in [7, 11) is -1.02. The van der Waals surface area contributed by atoms with Crippen molar-refractivity contribution in [2.24, 2.45) is 5.92 Å². The summed E-state index contributed by atoms with van der Waals surface area (Å²) in [5.41, 5.74) is 2.43. The zero-order chi connectivity index (χ0) is 10.9. The average molecular weight is 224 g/mol. The van der Waals surface area contributed by atoms with Gasteiger partial charge in [-0.05, 0) is 18.8 Å². The van der Waals surface area contributed by atoms with Gasteiger partial charge >= 0.3 is 0 Å². The number of rotatable bonds is 3. The van der Waals surface area contributed by atoms with Crippen LogP contribution in [-0.4, -0.2) is 20.3 Å². The highest BCUT2D eigenvalue weighted by Gasteiger charge is 2.43. The third kappa shape index (κ3) is 3.46. The molecule has 2 atom stereocenters. The van der Waals surface area contributed by atoms with E-state index in [-0.39, 0.29) is 0 Å². The molecule has 2 fully saturated rings. The Balaban J connectivity index is 1.78. The van der Waals surface area contributed by atoms with Crippen LogP contribution in [0.1, 0.15) is 32.1 Å². The first kappa shape index (κ1) is 11.4. The molecule has 0 aromatic carbocycles. The van der Waals surface area contributed by atoms with E-state index in [4.69, 9.17) is 4.74 Å². The molecule has 0 bridgehead atoms. The quantitative estimate of drug-likeness (QED) is 0.525. The monoisotopic (exact) mass is 224 g/mol. The van der Waals surface area contributed by atoms with Gasteiger partial charge in [-0.3, -0.25) is 0 Å². The van der Waals surface area contributed by atoms with Crippen LogP contribution in [-0.2, 0) is 4.74 Å². The van der Waals surface area contributed by atoms with Gasteiger partial charge < -0.3 is 4.74 Å². The van der Waals surface area contributed by atoms with E-state index in [1.807, 2.05) is 0 Å². The first-order chi connectivity index (χ1) is 7.06. The Morgan fingerprint density at radius 2 is 1.73 bits per heavy atom. The van der Waals surface area contributed by atoms with E-state index in [0.29, 0.717) is 12.2 Å². The van der Waals surface area contributed by atoms with Gasteiger partial charge in [0.1, 0.15) is 6.10 Å². The predicted molar refractivity (Wildman–Crippen MR) is 67.7 cm³/mol. The molecule has 1 aliphatic heterocycles. The molecule has 2 heteroatoms. The van der Waals surface area contributed by atoms with Gasteiger partial charge in [-0.2, -0.15) is 0 Å². The van der Waals surface area contributed by atoms with Gasteiger partial charge in [-0.25, -0.2) is 0 Å². The highest BCUT2D eigenvalue weighted by atomic mass is 28.3. The molecule has 1 saturated carbocycles. The molecule has 2 aliphatic rings. The molecule has 0 amide bonds. The largest absolute Gasteiger partial charge is 0.365 e. The number of hydrogen-bond acceptors (Lipinski definition) is 1. The second-order valence-corrected chi connectivity index (χ2v) is 11.3. The molecular weight excluding hydrogens is 200 g/mol. The third-order valence-electron chi connectivity index (χ3n) is 3.46. The predicted octanol–water partition coefficient (Wildman–Crippen LogP) is 3.77. The minimum absolute atomic E-state index is 0.472. The summed E-state index contributed by atoms with van der Waals surface area (Å²) in [6, 6.07) is 0. The zero-order valence-corrected chi connectivity index (χ0v) is 11.3. The van der Waals surface area contributed by atoms with Crippen LogP contribution >= 0.6 is 0 Å². The van der Waals surface area contributed by atoms with Crippen LogP contribution in [0.25, 0.3) is 0 Å². The third-order valence-corrected chi connectivity index (χ3v) is 4.65. The van der Waals surface area contributed by atoms with Gasteiger partial charge in [0.2, 0.25) is 0 Å². The second kappa shape index (κ2) is 4.42. The fourth-order valence-corrected chi connectivity index (χ4v) is 3.28. The van der Waals surface area contributed by atoms with Crippen molar-refractivity contribution in [3.63, 3.8) is 0 Å². The molecule has 15 heavy (non-hydrogen) atoms. The average Bonchev–Trinajstić information content (AvgIpc) is 2.94. The molecule has 86 valence electrons. The van der Waals surface area contributed by atoms with Crippen LogP contribution in [0.2, 0.25) is 19.6 Å². The Kier molecular flexibility index (Phi) is 3.36. The Bertz CT molecular complexity index is 235. The van der Waals surface area contributed by atoms with E-state index in [1.54, 1.807) is 0 Å². The molecule has 0 unspecified atom stereocenters. The van der Waals surface area contributed by atoms with E-state index in [9.17, 15) is 0 Å². The summed E-state index contributed by atoms with van der Waals surface area (Å²) in [4.78, 5) is 0. The fourth-order valence-electron chi connectivity index (χ4n) is 2.52. The standard InChI is InChI=1S/C13H24OSi/c1-15(2,3)10-9-12-13(14-12)11-7-5-4-6-8-11/h9-13H,4-8H2,1-3H3/b10-9+/t12-,13-/m1/s1. The smallest absolute Gasteiger partial charge is 0.102 e. The molecule has 1 heterocycles. The molecule has 1 aliphatic carbocycles. The zero-order valence-electron chi connectivity index (χ0n) is 10.3. The second-order valence-electron chi connectivity index (χ2n) is 6.19. The van der Waals surface area contributed by atoms with Crippen LogP contribution < -0.4 is 0 Å². The molecule has 0 aromatic heterocycles. The molecule has 0 aromatic rings. The highest BCUT2D eigenvalue weighted by Crippen LogP contribution is 2.39. The van der Waals surface area contributed by atoms with E-state index in [0.717, 1.165) is 5.92 Å². The van der Waals surface area contributed by atoms with Gasteiger partial charge in [0, 0.05) is 0 Å². The summed E-state index contributed by atoms with van der Waals surface area (Å²) in [5, 5.41) is 0. The van der Waals surface area contributed by atoms with Crippen molar-refractivity contribution in [1.29, 1.82) is 0 Å². The van der Waals surface area contributed by atoms with Crippen molar-refractivity contribution >= 4 is 8.07 Å². The van der Waals surface area contributed by atoms with Gasteiger partial charge in [0.05, 0.1) is 14.2 Å². The molecule has 0 spiro atoms. The van der Waals surface area contributed by atoms with Crippen molar-refractivity contribution in [2.45, 2.75) is 64.0 Å². The maximum absolute atomic E-state index is 5.79. The molecule has 0 radical (unpaired) electrons. The minimum Gasteiger partial charge on any atom is -0.365 e. The van der Waals surface area contributed by atoms with Gasteiger partial charge in [-0.1, -0.05) is 50.7 Å². The lowest BCUT2D eigenvalue weighted by atomic mass is 9.86.